The maximum atomic E-state index is 13.7. The highest BCUT2D eigenvalue weighted by atomic mass is 35.5. The first-order valence-electron chi connectivity index (χ1n) is 15.0. The molecule has 3 amide bonds. The summed E-state index contributed by atoms with van der Waals surface area (Å²) in [6, 6.07) is 20.9. The summed E-state index contributed by atoms with van der Waals surface area (Å²) in [7, 11) is 4.38. The van der Waals surface area contributed by atoms with Gasteiger partial charge >= 0.3 is 6.18 Å². The van der Waals surface area contributed by atoms with E-state index in [0.29, 0.717) is 45.4 Å². The summed E-state index contributed by atoms with van der Waals surface area (Å²) < 4.78 is 56.0. The minimum absolute atomic E-state index is 0.0372. The van der Waals surface area contributed by atoms with Crippen LogP contribution in [0.4, 0.5) is 24.5 Å². The smallest absolute Gasteiger partial charge is 0.416 e. The van der Waals surface area contributed by atoms with Gasteiger partial charge in [-0.05, 0) is 67.1 Å². The molecule has 0 fully saturated rings. The molecule has 50 heavy (non-hydrogen) atoms. The van der Waals surface area contributed by atoms with Crippen molar-refractivity contribution in [2.45, 2.75) is 29.7 Å². The van der Waals surface area contributed by atoms with Crippen LogP contribution in [-0.2, 0) is 15.8 Å². The van der Waals surface area contributed by atoms with E-state index in [4.69, 9.17) is 25.8 Å². The molecule has 1 atom stereocenters. The van der Waals surface area contributed by atoms with Crippen molar-refractivity contribution in [2.75, 3.05) is 32.0 Å². The number of nitrogens with one attached hydrogen (secondary N) is 3. The molecule has 0 aliphatic carbocycles. The number of carbonyl (C=O) groups excluding carboxylic acids is 3. The maximum Gasteiger partial charge on any atom is 0.416 e. The Morgan fingerprint density at radius 3 is 2.16 bits per heavy atom. The summed E-state index contributed by atoms with van der Waals surface area (Å²) in [6.45, 7) is 1.76. The fraction of sp³-hybridized carbons (Fsp3) is 0.194. The summed E-state index contributed by atoms with van der Waals surface area (Å²) >= 11 is 7.23. The van der Waals surface area contributed by atoms with Crippen molar-refractivity contribution in [3.8, 4) is 17.2 Å². The van der Waals surface area contributed by atoms with Gasteiger partial charge in [0.25, 0.3) is 11.8 Å². The minimum atomic E-state index is -4.61. The number of rotatable bonds is 13. The average molecular weight is 728 g/mol. The lowest BCUT2D eigenvalue weighted by molar-refractivity contribution is -0.137. The molecular formula is C36H33ClF3N3O6S. The Balaban J connectivity index is 1.59. The molecule has 0 aliphatic heterocycles. The van der Waals surface area contributed by atoms with Gasteiger partial charge in [-0.2, -0.15) is 13.2 Å². The van der Waals surface area contributed by atoms with Crippen LogP contribution in [0.5, 0.6) is 17.2 Å². The van der Waals surface area contributed by atoms with Gasteiger partial charge in [0.1, 0.15) is 11.4 Å². The first kappa shape index (κ1) is 37.7. The average Bonchev–Trinajstić information content (AvgIpc) is 3.10. The van der Waals surface area contributed by atoms with E-state index in [2.05, 4.69) is 16.0 Å². The van der Waals surface area contributed by atoms with E-state index in [0.717, 1.165) is 30.0 Å². The molecule has 0 saturated heterocycles. The number of ether oxygens (including phenoxy) is 3. The van der Waals surface area contributed by atoms with Crippen LogP contribution >= 0.6 is 23.4 Å². The number of methoxy groups -OCH3 is 3. The number of thioether (sulfide) groups is 1. The van der Waals surface area contributed by atoms with Crippen molar-refractivity contribution in [1.29, 1.82) is 0 Å². The molecule has 1 unspecified atom stereocenters. The summed E-state index contributed by atoms with van der Waals surface area (Å²) in [6.07, 6.45) is -2.85. The third-order valence-corrected chi connectivity index (χ3v) is 8.84. The van der Waals surface area contributed by atoms with Crippen LogP contribution in [0.15, 0.2) is 95.5 Å². The van der Waals surface area contributed by atoms with Gasteiger partial charge in [-0.25, -0.2) is 0 Å². The minimum Gasteiger partial charge on any atom is -0.496 e. The highest BCUT2D eigenvalue weighted by Gasteiger charge is 2.31. The zero-order valence-corrected chi connectivity index (χ0v) is 28.9. The largest absolute Gasteiger partial charge is 0.496 e. The number of carbonyl (C=O) groups is 3. The number of benzene rings is 4. The third kappa shape index (κ3) is 9.73. The van der Waals surface area contributed by atoms with Gasteiger partial charge < -0.3 is 30.2 Å². The number of halogens is 4. The fourth-order valence-corrected chi connectivity index (χ4v) is 5.78. The van der Waals surface area contributed by atoms with E-state index < -0.39 is 34.7 Å². The molecule has 0 aromatic heterocycles. The van der Waals surface area contributed by atoms with Crippen LogP contribution in [0.25, 0.3) is 6.08 Å². The van der Waals surface area contributed by atoms with Gasteiger partial charge in [0.2, 0.25) is 5.91 Å². The van der Waals surface area contributed by atoms with Crippen LogP contribution in [0, 0.1) is 0 Å². The lowest BCUT2D eigenvalue weighted by atomic mass is 10.1. The highest BCUT2D eigenvalue weighted by molar-refractivity contribution is 8.00. The predicted molar refractivity (Wildman–Crippen MR) is 188 cm³/mol. The Morgan fingerprint density at radius 2 is 1.52 bits per heavy atom. The van der Waals surface area contributed by atoms with Gasteiger partial charge in [-0.15, -0.1) is 11.8 Å². The molecule has 4 aromatic rings. The van der Waals surface area contributed by atoms with Crippen LogP contribution in [0.2, 0.25) is 5.02 Å². The first-order chi connectivity index (χ1) is 23.9. The number of hydrogen-bond acceptors (Lipinski definition) is 7. The zero-order chi connectivity index (χ0) is 36.4. The third-order valence-electron chi connectivity index (χ3n) is 7.15. The first-order valence-corrected chi connectivity index (χ1v) is 16.3. The van der Waals surface area contributed by atoms with Crippen molar-refractivity contribution in [3.05, 3.63) is 112 Å². The number of alkyl halides is 3. The second-order valence-electron chi connectivity index (χ2n) is 10.5. The molecule has 4 rings (SSSR count). The van der Waals surface area contributed by atoms with Crippen LogP contribution < -0.4 is 30.2 Å². The quantitative estimate of drug-likeness (QED) is 0.0938. The maximum absolute atomic E-state index is 13.7. The van der Waals surface area contributed by atoms with Crippen LogP contribution in [0.3, 0.4) is 0 Å². The van der Waals surface area contributed by atoms with Crippen molar-refractivity contribution in [3.63, 3.8) is 0 Å². The number of amides is 3. The lowest BCUT2D eigenvalue weighted by Crippen LogP contribution is -2.30. The van der Waals surface area contributed by atoms with Crippen molar-refractivity contribution < 1.29 is 41.8 Å². The topological polar surface area (TPSA) is 115 Å². The molecule has 3 N–H and O–H groups in total. The van der Waals surface area contributed by atoms with E-state index in [1.165, 1.54) is 27.4 Å². The number of hydrogen-bond donors (Lipinski definition) is 3. The number of anilines is 2. The van der Waals surface area contributed by atoms with E-state index in [1.54, 1.807) is 73.7 Å². The predicted octanol–water partition coefficient (Wildman–Crippen LogP) is 8.30. The summed E-state index contributed by atoms with van der Waals surface area (Å²) in [4.78, 5) is 40.6. The van der Waals surface area contributed by atoms with E-state index in [9.17, 15) is 27.6 Å². The van der Waals surface area contributed by atoms with Gasteiger partial charge in [0.15, 0.2) is 11.5 Å². The van der Waals surface area contributed by atoms with Crippen LogP contribution in [-0.4, -0.2) is 44.3 Å². The second-order valence-corrected chi connectivity index (χ2v) is 12.2. The SMILES string of the molecule is CCC(Sc1cccc(NC(=O)/C(=C\c2cc(OC)c(OC)cc2OC)NC(=O)c2ccccc2)c1)C(=O)Nc1cc(C(F)(F)F)ccc1Cl. The second kappa shape index (κ2) is 17.0. The van der Waals surface area contributed by atoms with Crippen molar-refractivity contribution in [2.24, 2.45) is 0 Å². The molecule has 0 aliphatic rings. The summed E-state index contributed by atoms with van der Waals surface area (Å²) in [5, 5.41) is 7.20. The van der Waals surface area contributed by atoms with E-state index in [1.807, 2.05) is 0 Å². The molecule has 0 saturated carbocycles. The molecule has 4 aromatic carbocycles. The Hall–Kier alpha value is -5.14. The zero-order valence-electron chi connectivity index (χ0n) is 27.3. The van der Waals surface area contributed by atoms with Gasteiger partial charge in [0, 0.05) is 27.8 Å². The molecule has 0 heterocycles. The van der Waals surface area contributed by atoms with Crippen molar-refractivity contribution >= 4 is 58.5 Å². The Morgan fingerprint density at radius 1 is 0.840 bits per heavy atom. The molecule has 0 spiro atoms. The van der Waals surface area contributed by atoms with Gasteiger partial charge in [-0.3, -0.25) is 14.4 Å². The Bertz CT molecular complexity index is 1890. The molecule has 9 nitrogen and oxygen atoms in total. The van der Waals surface area contributed by atoms with Crippen molar-refractivity contribution in [1.82, 2.24) is 5.32 Å². The fourth-order valence-electron chi connectivity index (χ4n) is 4.61. The Labute approximate surface area is 296 Å². The molecular weight excluding hydrogens is 695 g/mol. The monoisotopic (exact) mass is 727 g/mol. The molecule has 262 valence electrons. The van der Waals surface area contributed by atoms with Gasteiger partial charge in [-0.1, -0.05) is 42.8 Å². The summed E-state index contributed by atoms with van der Waals surface area (Å²) in [5.41, 5.74) is -0.153. The normalized spacial score (nSPS) is 12.0. The van der Waals surface area contributed by atoms with Gasteiger partial charge in [0.05, 0.1) is 42.9 Å². The molecule has 0 radical (unpaired) electrons. The summed E-state index contributed by atoms with van der Waals surface area (Å²) in [5.74, 6) is -0.650. The standard InChI is InChI=1S/C36H33ClF3N3O6S/c1-5-32(35(46)42-27-18-23(36(38,39)40)14-15-26(27)37)50-25-13-9-12-24(19-25)41-34(45)28(43-33(44)21-10-7-6-8-11-21)16-22-17-30(48-3)31(49-4)20-29(22)47-2/h6-20,32H,5H2,1-4H3,(H,41,45)(H,42,46)(H,43,44)/b28-16+. The highest BCUT2D eigenvalue weighted by Crippen LogP contribution is 2.37. The van der Waals surface area contributed by atoms with E-state index >= 15 is 0 Å². The Kier molecular flexibility index (Phi) is 12.8. The van der Waals surface area contributed by atoms with E-state index in [-0.39, 0.29) is 16.4 Å². The van der Waals surface area contributed by atoms with Crippen LogP contribution in [0.1, 0.15) is 34.8 Å². The molecule has 0 bridgehead atoms. The lowest BCUT2D eigenvalue weighted by Gasteiger charge is -2.17. The molecule has 14 heteroatoms.